The second-order valence-corrected chi connectivity index (χ2v) is 10.4. The predicted molar refractivity (Wildman–Crippen MR) is 99.5 cm³/mol. The molecule has 0 aromatic heterocycles. The lowest BCUT2D eigenvalue weighted by atomic mass is 9.82. The Balaban J connectivity index is 1.57. The third-order valence-electron chi connectivity index (χ3n) is 7.73. The summed E-state index contributed by atoms with van der Waals surface area (Å²) in [6, 6.07) is -1.45. The topological polar surface area (TPSA) is 81.2 Å². The van der Waals surface area contributed by atoms with E-state index >= 15 is 0 Å². The molecule has 4 rings (SSSR count). The van der Waals surface area contributed by atoms with Crippen molar-refractivity contribution >= 4 is 17.9 Å². The van der Waals surface area contributed by atoms with Crippen LogP contribution in [0.5, 0.6) is 0 Å². The molecule has 2 saturated heterocycles. The summed E-state index contributed by atoms with van der Waals surface area (Å²) in [5.41, 5.74) is -1.88. The van der Waals surface area contributed by atoms with Gasteiger partial charge in [-0.1, -0.05) is 20.8 Å². The van der Waals surface area contributed by atoms with E-state index in [9.17, 15) is 32.7 Å². The Bertz CT molecular complexity index is 804. The Labute approximate surface area is 173 Å². The lowest BCUT2D eigenvalue weighted by molar-refractivity contribution is -0.193. The zero-order chi connectivity index (χ0) is 22.4. The monoisotopic (exact) mass is 431 g/mol. The first-order valence-corrected chi connectivity index (χ1v) is 10.4. The van der Waals surface area contributed by atoms with Crippen molar-refractivity contribution < 1.29 is 32.7 Å². The normalized spacial score (nSPS) is 34.8. The van der Waals surface area contributed by atoms with Gasteiger partial charge in [-0.2, -0.15) is 13.2 Å². The third kappa shape index (κ3) is 2.81. The van der Waals surface area contributed by atoms with Gasteiger partial charge in [0.15, 0.2) is 0 Å². The maximum atomic E-state index is 13.4. The van der Waals surface area contributed by atoms with Gasteiger partial charge in [-0.25, -0.2) is 4.79 Å². The predicted octanol–water partition coefficient (Wildman–Crippen LogP) is 2.70. The molecule has 10 heteroatoms. The van der Waals surface area contributed by atoms with E-state index in [0.717, 1.165) is 11.3 Å². The second-order valence-electron chi connectivity index (χ2n) is 10.4. The number of carboxylic acid groups (broad SMARTS) is 1. The molecule has 3 amide bonds. The van der Waals surface area contributed by atoms with Gasteiger partial charge in [-0.3, -0.25) is 14.5 Å². The van der Waals surface area contributed by atoms with E-state index in [1.807, 2.05) is 20.8 Å². The fraction of sp³-hybridized carbons (Fsp3) is 0.850. The van der Waals surface area contributed by atoms with Crippen molar-refractivity contribution in [1.82, 2.24) is 14.7 Å². The Morgan fingerprint density at radius 3 is 2.17 bits per heavy atom. The van der Waals surface area contributed by atoms with Gasteiger partial charge in [-0.05, 0) is 43.9 Å². The molecule has 2 saturated carbocycles. The van der Waals surface area contributed by atoms with Gasteiger partial charge in [0, 0.05) is 19.1 Å². The molecule has 2 aliphatic carbocycles. The minimum absolute atomic E-state index is 0.0198. The fourth-order valence-electron chi connectivity index (χ4n) is 5.96. The van der Waals surface area contributed by atoms with E-state index in [-0.39, 0.29) is 30.3 Å². The number of likely N-dealkylation sites (tertiary alicyclic amines) is 1. The molecular formula is C20H28F3N3O4. The number of piperidine rings is 1. The molecule has 2 aliphatic heterocycles. The van der Waals surface area contributed by atoms with Gasteiger partial charge in [0.2, 0.25) is 5.91 Å². The quantitative estimate of drug-likeness (QED) is 0.692. The summed E-state index contributed by atoms with van der Waals surface area (Å²) < 4.78 is 39.1. The summed E-state index contributed by atoms with van der Waals surface area (Å²) in [6.07, 6.45) is -4.11. The average molecular weight is 431 g/mol. The van der Waals surface area contributed by atoms with Gasteiger partial charge in [0.1, 0.15) is 6.04 Å². The fourth-order valence-corrected chi connectivity index (χ4v) is 5.96. The lowest BCUT2D eigenvalue weighted by Gasteiger charge is -2.48. The highest BCUT2D eigenvalue weighted by atomic mass is 19.4. The largest absolute Gasteiger partial charge is 0.471 e. The van der Waals surface area contributed by atoms with Crippen molar-refractivity contribution in [3.05, 3.63) is 0 Å². The van der Waals surface area contributed by atoms with E-state index in [2.05, 4.69) is 0 Å². The molecule has 4 atom stereocenters. The average Bonchev–Trinajstić information content (AvgIpc) is 3.51. The molecule has 1 N–H and O–H groups in total. The van der Waals surface area contributed by atoms with Crippen LogP contribution in [-0.4, -0.2) is 80.1 Å². The molecular weight excluding hydrogens is 403 g/mol. The molecule has 4 aliphatic rings. The molecule has 2 heterocycles. The number of hydrogen-bond acceptors (Lipinski definition) is 3. The minimum Gasteiger partial charge on any atom is -0.465 e. The summed E-state index contributed by atoms with van der Waals surface area (Å²) in [7, 11) is 0. The van der Waals surface area contributed by atoms with E-state index < -0.39 is 41.3 Å². The van der Waals surface area contributed by atoms with Gasteiger partial charge >= 0.3 is 18.2 Å². The smallest absolute Gasteiger partial charge is 0.465 e. The zero-order valence-corrected chi connectivity index (χ0v) is 17.6. The van der Waals surface area contributed by atoms with Gasteiger partial charge < -0.3 is 14.9 Å². The minimum atomic E-state index is -4.95. The molecule has 0 aromatic rings. The van der Waals surface area contributed by atoms with Gasteiger partial charge in [-0.15, -0.1) is 0 Å². The van der Waals surface area contributed by atoms with E-state index in [1.54, 1.807) is 6.92 Å². The van der Waals surface area contributed by atoms with Crippen LogP contribution >= 0.6 is 0 Å². The summed E-state index contributed by atoms with van der Waals surface area (Å²) >= 11 is 0. The van der Waals surface area contributed by atoms with Crippen LogP contribution in [0, 0.1) is 11.3 Å². The van der Waals surface area contributed by atoms with Crippen molar-refractivity contribution in [3.63, 3.8) is 0 Å². The Morgan fingerprint density at radius 1 is 1.10 bits per heavy atom. The van der Waals surface area contributed by atoms with Crippen LogP contribution < -0.4 is 0 Å². The highest BCUT2D eigenvalue weighted by Gasteiger charge is 2.73. The molecule has 0 aromatic carbocycles. The molecule has 1 spiro atoms. The number of rotatable bonds is 1. The molecule has 0 radical (unpaired) electrons. The molecule has 168 valence electrons. The van der Waals surface area contributed by atoms with Crippen molar-refractivity contribution in [3.8, 4) is 0 Å². The van der Waals surface area contributed by atoms with E-state index in [0.29, 0.717) is 19.3 Å². The number of alkyl halides is 3. The second kappa shape index (κ2) is 6.03. The van der Waals surface area contributed by atoms with E-state index in [1.165, 1.54) is 9.80 Å². The number of amides is 3. The number of halogens is 3. The van der Waals surface area contributed by atoms with Crippen LogP contribution in [0.15, 0.2) is 0 Å². The number of fused-ring (bicyclic) bond motifs is 1. The summed E-state index contributed by atoms with van der Waals surface area (Å²) in [4.78, 5) is 41.2. The number of nitrogens with zero attached hydrogens (tertiary/aromatic N) is 3. The van der Waals surface area contributed by atoms with Gasteiger partial charge in [0.05, 0.1) is 11.1 Å². The molecule has 4 fully saturated rings. The molecule has 0 bridgehead atoms. The van der Waals surface area contributed by atoms with Crippen LogP contribution in [0.4, 0.5) is 18.0 Å². The van der Waals surface area contributed by atoms with Crippen LogP contribution in [0.2, 0.25) is 0 Å². The van der Waals surface area contributed by atoms with Crippen molar-refractivity contribution in [2.45, 2.75) is 82.7 Å². The van der Waals surface area contributed by atoms with Crippen molar-refractivity contribution in [1.29, 1.82) is 0 Å². The number of carbonyl (C=O) groups is 3. The maximum Gasteiger partial charge on any atom is 0.471 e. The first-order valence-electron chi connectivity index (χ1n) is 10.4. The molecule has 7 nitrogen and oxygen atoms in total. The van der Waals surface area contributed by atoms with Crippen molar-refractivity contribution in [2.24, 2.45) is 11.3 Å². The Morgan fingerprint density at radius 2 is 1.70 bits per heavy atom. The van der Waals surface area contributed by atoms with Crippen LogP contribution in [0.3, 0.4) is 0 Å². The summed E-state index contributed by atoms with van der Waals surface area (Å²) in [5.74, 6) is -2.10. The first-order chi connectivity index (χ1) is 13.7. The van der Waals surface area contributed by atoms with Crippen LogP contribution in [0.1, 0.15) is 53.4 Å². The molecule has 30 heavy (non-hydrogen) atoms. The highest BCUT2D eigenvalue weighted by molar-refractivity contribution is 5.89. The van der Waals surface area contributed by atoms with E-state index in [4.69, 9.17) is 0 Å². The van der Waals surface area contributed by atoms with Crippen LogP contribution in [-0.2, 0) is 9.59 Å². The summed E-state index contributed by atoms with van der Waals surface area (Å²) in [5, 5.41) is 9.92. The van der Waals surface area contributed by atoms with Crippen molar-refractivity contribution in [2.75, 3.05) is 13.1 Å². The lowest BCUT2D eigenvalue weighted by Crippen LogP contribution is -2.66. The Kier molecular flexibility index (Phi) is 4.27. The third-order valence-corrected chi connectivity index (χ3v) is 7.73. The zero-order valence-electron chi connectivity index (χ0n) is 17.6. The SMILES string of the molecule is C[C@H]1CN(C(=O)C(F)(F)F)C2(CC2)CN1C(=O)[C@@H]1C[C@@H]2C[C@@]2(C(C)(C)C)N1C(=O)O. The first kappa shape index (κ1) is 21.2. The Hall–Kier alpha value is -2.00. The number of hydrogen-bond donors (Lipinski definition) is 1. The van der Waals surface area contributed by atoms with Gasteiger partial charge in [0.25, 0.3) is 0 Å². The standard InChI is InChI=1S/C20H28F3N3O4/c1-11-9-25(15(28)20(21,22)23)18(5-6-18)10-24(11)14(27)13-7-12-8-19(12,17(2,3)4)26(13)16(29)30/h11-13H,5-10H2,1-4H3,(H,29,30)/t11-,12+,13-,19+/m0/s1. The van der Waals surface area contributed by atoms with Crippen LogP contribution in [0.25, 0.3) is 0 Å². The highest BCUT2D eigenvalue weighted by Crippen LogP contribution is 2.66. The maximum absolute atomic E-state index is 13.4. The summed E-state index contributed by atoms with van der Waals surface area (Å²) in [6.45, 7) is 7.35. The number of carbonyl (C=O) groups excluding carboxylic acids is 2. The molecule has 0 unspecified atom stereocenters. The number of piperazine rings is 1.